The highest BCUT2D eigenvalue weighted by Crippen LogP contribution is 2.45. The van der Waals surface area contributed by atoms with Crippen LogP contribution >= 0.6 is 0 Å². The highest BCUT2D eigenvalue weighted by molar-refractivity contribution is 5.83. The zero-order chi connectivity index (χ0) is 15.6. The SMILES string of the molecule is N/C(=N\O)C1CC(C2CCC(C(F)(F)F)CC2)CCC1N. The van der Waals surface area contributed by atoms with Gasteiger partial charge in [-0.05, 0) is 56.8 Å². The lowest BCUT2D eigenvalue weighted by Gasteiger charge is -2.40. The van der Waals surface area contributed by atoms with Crippen LogP contribution in [0.5, 0.6) is 0 Å². The van der Waals surface area contributed by atoms with Crippen molar-refractivity contribution in [1.82, 2.24) is 0 Å². The third kappa shape index (κ3) is 3.81. The number of amidine groups is 1. The van der Waals surface area contributed by atoms with Crippen LogP contribution in [0.15, 0.2) is 5.16 Å². The first-order chi connectivity index (χ1) is 9.82. The van der Waals surface area contributed by atoms with E-state index in [4.69, 9.17) is 16.7 Å². The minimum Gasteiger partial charge on any atom is -0.409 e. The largest absolute Gasteiger partial charge is 0.409 e. The van der Waals surface area contributed by atoms with Crippen molar-refractivity contribution in [3.63, 3.8) is 0 Å². The molecule has 2 aliphatic rings. The second-order valence-electron chi connectivity index (χ2n) is 6.52. The quantitative estimate of drug-likeness (QED) is 0.317. The number of alkyl halides is 3. The molecule has 2 fully saturated rings. The Labute approximate surface area is 122 Å². The number of nitrogens with two attached hydrogens (primary N) is 2. The van der Waals surface area contributed by atoms with E-state index in [9.17, 15) is 13.2 Å². The predicted octanol–water partition coefficient (Wildman–Crippen LogP) is 2.85. The van der Waals surface area contributed by atoms with Gasteiger partial charge in [-0.1, -0.05) is 5.16 Å². The Balaban J connectivity index is 1.92. The average Bonchev–Trinajstić information content (AvgIpc) is 2.46. The summed E-state index contributed by atoms with van der Waals surface area (Å²) in [5, 5.41) is 11.9. The third-order valence-electron chi connectivity index (χ3n) is 5.34. The molecule has 0 aliphatic heterocycles. The Morgan fingerprint density at radius 3 is 2.10 bits per heavy atom. The van der Waals surface area contributed by atoms with E-state index in [-0.39, 0.29) is 30.6 Å². The molecule has 0 saturated heterocycles. The number of rotatable bonds is 2. The molecule has 0 radical (unpaired) electrons. The molecular weight excluding hydrogens is 283 g/mol. The van der Waals surface area contributed by atoms with Crippen molar-refractivity contribution in [3.05, 3.63) is 0 Å². The maximum absolute atomic E-state index is 12.7. The molecule has 0 bridgehead atoms. The van der Waals surface area contributed by atoms with E-state index >= 15 is 0 Å². The van der Waals surface area contributed by atoms with Gasteiger partial charge in [0.25, 0.3) is 0 Å². The van der Waals surface area contributed by atoms with Crippen molar-refractivity contribution in [2.75, 3.05) is 0 Å². The number of halogens is 3. The summed E-state index contributed by atoms with van der Waals surface area (Å²) >= 11 is 0. The maximum atomic E-state index is 12.7. The fourth-order valence-electron chi connectivity index (χ4n) is 3.99. The van der Waals surface area contributed by atoms with Gasteiger partial charge in [-0.15, -0.1) is 0 Å². The molecule has 0 aromatic heterocycles. The summed E-state index contributed by atoms with van der Waals surface area (Å²) in [6.07, 6.45) is 0.0627. The van der Waals surface area contributed by atoms with Crippen LogP contribution in [0.4, 0.5) is 13.2 Å². The molecule has 5 N–H and O–H groups in total. The van der Waals surface area contributed by atoms with Crippen molar-refractivity contribution in [3.8, 4) is 0 Å². The van der Waals surface area contributed by atoms with Crippen LogP contribution in [0.25, 0.3) is 0 Å². The topological polar surface area (TPSA) is 84.6 Å². The molecule has 0 heterocycles. The summed E-state index contributed by atoms with van der Waals surface area (Å²) in [7, 11) is 0. The van der Waals surface area contributed by atoms with Gasteiger partial charge in [0.2, 0.25) is 0 Å². The van der Waals surface area contributed by atoms with Crippen LogP contribution in [-0.4, -0.2) is 23.3 Å². The first-order valence-electron chi connectivity index (χ1n) is 7.62. The summed E-state index contributed by atoms with van der Waals surface area (Å²) in [4.78, 5) is 0. The Kier molecular flexibility index (Phi) is 5.01. The molecule has 7 heteroatoms. The van der Waals surface area contributed by atoms with Crippen LogP contribution in [0.1, 0.15) is 44.9 Å². The number of nitrogens with zero attached hydrogens (tertiary/aromatic N) is 1. The summed E-state index contributed by atoms with van der Waals surface area (Å²) in [6, 6.07) is -0.122. The molecule has 0 amide bonds. The highest BCUT2D eigenvalue weighted by Gasteiger charge is 2.43. The Morgan fingerprint density at radius 1 is 1.00 bits per heavy atom. The second-order valence-corrected chi connectivity index (χ2v) is 6.52. The zero-order valence-corrected chi connectivity index (χ0v) is 12.0. The summed E-state index contributed by atoms with van der Waals surface area (Å²) in [6.45, 7) is 0. The summed E-state index contributed by atoms with van der Waals surface area (Å²) in [5.74, 6) is -0.501. The Hall–Kier alpha value is -0.980. The van der Waals surface area contributed by atoms with Crippen LogP contribution in [0, 0.1) is 23.7 Å². The lowest BCUT2D eigenvalue weighted by molar-refractivity contribution is -0.185. The Bertz CT molecular complexity index is 378. The van der Waals surface area contributed by atoms with Crippen LogP contribution < -0.4 is 11.5 Å². The number of oxime groups is 1. The molecule has 0 aromatic rings. The van der Waals surface area contributed by atoms with E-state index in [1.165, 1.54) is 0 Å². The van der Waals surface area contributed by atoms with Crippen LogP contribution in [-0.2, 0) is 0 Å². The molecule has 2 rings (SSSR count). The lowest BCUT2D eigenvalue weighted by Crippen LogP contribution is -2.45. The molecule has 2 saturated carbocycles. The zero-order valence-electron chi connectivity index (χ0n) is 12.0. The standard InChI is InChI=1S/C14H24F3N3O/c15-14(16,17)10-4-1-8(2-5-10)9-3-6-12(18)11(7-9)13(19)20-21/h8-12,21H,1-7,18H2,(H2,19,20). The van der Waals surface area contributed by atoms with E-state index in [1.54, 1.807) is 0 Å². The van der Waals surface area contributed by atoms with E-state index in [2.05, 4.69) is 5.16 Å². The predicted molar refractivity (Wildman–Crippen MR) is 73.7 cm³/mol. The first kappa shape index (κ1) is 16.4. The third-order valence-corrected chi connectivity index (χ3v) is 5.34. The highest BCUT2D eigenvalue weighted by atomic mass is 19.4. The van der Waals surface area contributed by atoms with Crippen molar-refractivity contribution in [1.29, 1.82) is 0 Å². The minimum absolute atomic E-state index is 0.122. The van der Waals surface area contributed by atoms with Crippen LogP contribution in [0.3, 0.4) is 0 Å². The van der Waals surface area contributed by atoms with Crippen molar-refractivity contribution in [2.24, 2.45) is 40.3 Å². The molecule has 3 unspecified atom stereocenters. The van der Waals surface area contributed by atoms with Gasteiger partial charge in [0.05, 0.1) is 5.92 Å². The minimum atomic E-state index is -4.06. The molecule has 2 aliphatic carbocycles. The Morgan fingerprint density at radius 2 is 1.57 bits per heavy atom. The van der Waals surface area contributed by atoms with Crippen LogP contribution in [0.2, 0.25) is 0 Å². The summed E-state index contributed by atoms with van der Waals surface area (Å²) < 4.78 is 38.1. The summed E-state index contributed by atoms with van der Waals surface area (Å²) in [5.41, 5.74) is 11.7. The lowest BCUT2D eigenvalue weighted by atomic mass is 9.67. The molecule has 3 atom stereocenters. The molecule has 0 spiro atoms. The van der Waals surface area contributed by atoms with Gasteiger partial charge in [0.15, 0.2) is 0 Å². The number of hydrogen-bond acceptors (Lipinski definition) is 3. The second kappa shape index (κ2) is 6.42. The fraction of sp³-hybridized carbons (Fsp3) is 0.929. The maximum Gasteiger partial charge on any atom is 0.391 e. The monoisotopic (exact) mass is 307 g/mol. The molecular formula is C14H24F3N3O. The molecule has 4 nitrogen and oxygen atoms in total. The van der Waals surface area contributed by atoms with Gasteiger partial charge in [-0.3, -0.25) is 0 Å². The van der Waals surface area contributed by atoms with Crippen molar-refractivity contribution in [2.45, 2.75) is 57.2 Å². The van der Waals surface area contributed by atoms with E-state index in [1.807, 2.05) is 0 Å². The molecule has 0 aromatic carbocycles. The average molecular weight is 307 g/mol. The van der Waals surface area contributed by atoms with E-state index < -0.39 is 12.1 Å². The normalized spacial score (nSPS) is 39.2. The fourth-order valence-corrected chi connectivity index (χ4v) is 3.99. The van der Waals surface area contributed by atoms with Gasteiger partial charge in [0.1, 0.15) is 5.84 Å². The van der Waals surface area contributed by atoms with Gasteiger partial charge < -0.3 is 16.7 Å². The molecule has 21 heavy (non-hydrogen) atoms. The van der Waals surface area contributed by atoms with Gasteiger partial charge in [-0.2, -0.15) is 13.2 Å². The van der Waals surface area contributed by atoms with Gasteiger partial charge in [-0.25, -0.2) is 0 Å². The molecule has 122 valence electrons. The van der Waals surface area contributed by atoms with E-state index in [0.717, 1.165) is 19.3 Å². The van der Waals surface area contributed by atoms with Crippen molar-refractivity contribution < 1.29 is 18.4 Å². The number of hydrogen-bond donors (Lipinski definition) is 3. The smallest absolute Gasteiger partial charge is 0.391 e. The van der Waals surface area contributed by atoms with Crippen molar-refractivity contribution >= 4 is 5.84 Å². The van der Waals surface area contributed by atoms with Gasteiger partial charge in [0, 0.05) is 12.0 Å². The first-order valence-corrected chi connectivity index (χ1v) is 7.62. The van der Waals surface area contributed by atoms with E-state index in [0.29, 0.717) is 24.7 Å². The van der Waals surface area contributed by atoms with Gasteiger partial charge >= 0.3 is 6.18 Å².